The number of amides is 2. The molecule has 1 aliphatic rings. The second kappa shape index (κ2) is 7.11. The maximum atomic E-state index is 13.8. The Morgan fingerprint density at radius 1 is 1.36 bits per heavy atom. The fourth-order valence-corrected chi connectivity index (χ4v) is 3.02. The van der Waals surface area contributed by atoms with Crippen LogP contribution >= 0.6 is 11.6 Å². The molecule has 1 heterocycles. The van der Waals surface area contributed by atoms with E-state index in [1.54, 1.807) is 35.2 Å². The van der Waals surface area contributed by atoms with Crippen LogP contribution in [0.1, 0.15) is 13.3 Å². The highest BCUT2D eigenvalue weighted by molar-refractivity contribution is 6.30. The topological polar surface area (TPSA) is 61.4 Å². The van der Waals surface area contributed by atoms with E-state index in [-0.39, 0.29) is 41.5 Å². The average molecular weight is 362 g/mol. The summed E-state index contributed by atoms with van der Waals surface area (Å²) in [5, 5.41) is 5.88. The van der Waals surface area contributed by atoms with Crippen molar-refractivity contribution in [3.63, 3.8) is 0 Å². The van der Waals surface area contributed by atoms with Crippen LogP contribution in [-0.4, -0.2) is 24.4 Å². The van der Waals surface area contributed by atoms with Gasteiger partial charge in [0.05, 0.1) is 23.6 Å². The van der Waals surface area contributed by atoms with Crippen molar-refractivity contribution in [2.45, 2.75) is 19.4 Å². The summed E-state index contributed by atoms with van der Waals surface area (Å²) in [5.41, 5.74) is 1.41. The van der Waals surface area contributed by atoms with Crippen molar-refractivity contribution in [3.05, 3.63) is 53.3 Å². The number of halogens is 2. The van der Waals surface area contributed by atoms with Gasteiger partial charge in [-0.2, -0.15) is 0 Å². The lowest BCUT2D eigenvalue weighted by molar-refractivity contribution is -0.118. The number of anilines is 3. The summed E-state index contributed by atoms with van der Waals surface area (Å²) in [6.45, 7) is 1.70. The van der Waals surface area contributed by atoms with E-state index in [1.807, 2.05) is 6.92 Å². The van der Waals surface area contributed by atoms with E-state index in [9.17, 15) is 14.0 Å². The number of carbonyl (C=O) groups excluding carboxylic acids is 2. The lowest BCUT2D eigenvalue weighted by atomic mass is 10.1. The van der Waals surface area contributed by atoms with Gasteiger partial charge >= 0.3 is 0 Å². The van der Waals surface area contributed by atoms with Crippen molar-refractivity contribution in [2.75, 3.05) is 22.1 Å². The van der Waals surface area contributed by atoms with Crippen LogP contribution in [0.25, 0.3) is 0 Å². The van der Waals surface area contributed by atoms with E-state index in [4.69, 9.17) is 11.6 Å². The van der Waals surface area contributed by atoms with Crippen LogP contribution in [0.2, 0.25) is 5.02 Å². The minimum atomic E-state index is -0.526. The van der Waals surface area contributed by atoms with Crippen LogP contribution < -0.4 is 15.5 Å². The van der Waals surface area contributed by atoms with Gasteiger partial charge in [0, 0.05) is 17.5 Å². The van der Waals surface area contributed by atoms with Gasteiger partial charge in [-0.1, -0.05) is 23.7 Å². The van der Waals surface area contributed by atoms with Crippen LogP contribution in [0.5, 0.6) is 0 Å². The second-order valence-corrected chi connectivity index (χ2v) is 6.30. The second-order valence-electron chi connectivity index (χ2n) is 5.86. The Morgan fingerprint density at radius 2 is 2.12 bits per heavy atom. The number of fused-ring (bicyclic) bond motifs is 1. The van der Waals surface area contributed by atoms with Crippen molar-refractivity contribution < 1.29 is 14.0 Å². The summed E-state index contributed by atoms with van der Waals surface area (Å²) >= 11 is 5.73. The number of para-hydroxylation sites is 2. The maximum absolute atomic E-state index is 13.8. The van der Waals surface area contributed by atoms with E-state index in [1.165, 1.54) is 12.1 Å². The first kappa shape index (κ1) is 17.2. The monoisotopic (exact) mass is 361 g/mol. The molecule has 0 aromatic heterocycles. The van der Waals surface area contributed by atoms with Crippen LogP contribution in [0, 0.1) is 5.82 Å². The number of nitrogens with one attached hydrogen (secondary N) is 2. The maximum Gasteiger partial charge on any atom is 0.246 e. The summed E-state index contributed by atoms with van der Waals surface area (Å²) in [6, 6.07) is 11.0. The Morgan fingerprint density at radius 3 is 2.88 bits per heavy atom. The highest BCUT2D eigenvalue weighted by atomic mass is 35.5. The highest BCUT2D eigenvalue weighted by Crippen LogP contribution is 2.31. The largest absolute Gasteiger partial charge is 0.374 e. The molecule has 0 fully saturated rings. The first-order valence-electron chi connectivity index (χ1n) is 7.85. The minimum absolute atomic E-state index is 0.106. The third-order valence-corrected chi connectivity index (χ3v) is 4.22. The lowest BCUT2D eigenvalue weighted by Crippen LogP contribution is -2.42. The average Bonchev–Trinajstić information content (AvgIpc) is 2.68. The summed E-state index contributed by atoms with van der Waals surface area (Å²) in [5.74, 6) is -0.931. The summed E-state index contributed by atoms with van der Waals surface area (Å²) in [6.07, 6.45) is 0.190. The number of benzene rings is 2. The highest BCUT2D eigenvalue weighted by Gasteiger charge is 2.29. The zero-order chi connectivity index (χ0) is 18.0. The van der Waals surface area contributed by atoms with Crippen LogP contribution in [0.3, 0.4) is 0 Å². The molecule has 0 saturated carbocycles. The van der Waals surface area contributed by atoms with Crippen LogP contribution in [-0.2, 0) is 9.59 Å². The van der Waals surface area contributed by atoms with E-state index in [2.05, 4.69) is 10.6 Å². The zero-order valence-corrected chi connectivity index (χ0v) is 14.3. The van der Waals surface area contributed by atoms with E-state index >= 15 is 0 Å². The molecule has 0 radical (unpaired) electrons. The third-order valence-electron chi connectivity index (χ3n) is 3.99. The molecule has 130 valence electrons. The molecule has 2 amide bonds. The molecule has 0 unspecified atom stereocenters. The van der Waals surface area contributed by atoms with Gasteiger partial charge in [-0.25, -0.2) is 4.39 Å². The first-order valence-corrected chi connectivity index (χ1v) is 8.23. The normalized spacial score (nSPS) is 16.7. The SMILES string of the molecule is C[C@@H]1CC(=O)Nc2ccccc2N1C(=O)CNc1ccc(Cl)cc1F. The van der Waals surface area contributed by atoms with Gasteiger partial charge < -0.3 is 15.5 Å². The number of hydrogen-bond donors (Lipinski definition) is 2. The third kappa shape index (κ3) is 3.74. The molecular formula is C18H17ClFN3O2. The smallest absolute Gasteiger partial charge is 0.246 e. The molecule has 2 aromatic carbocycles. The van der Waals surface area contributed by atoms with Gasteiger partial charge in [0.25, 0.3) is 0 Å². The Kier molecular flexibility index (Phi) is 4.90. The van der Waals surface area contributed by atoms with E-state index < -0.39 is 5.82 Å². The molecule has 0 aliphatic carbocycles. The Hall–Kier alpha value is -2.60. The number of hydrogen-bond acceptors (Lipinski definition) is 3. The van der Waals surface area contributed by atoms with Crippen molar-refractivity contribution in [1.82, 2.24) is 0 Å². The first-order chi connectivity index (χ1) is 12.0. The van der Waals surface area contributed by atoms with Gasteiger partial charge in [-0.3, -0.25) is 9.59 Å². The quantitative estimate of drug-likeness (QED) is 0.877. The molecule has 5 nitrogen and oxygen atoms in total. The van der Waals surface area contributed by atoms with Gasteiger partial charge in [-0.05, 0) is 37.3 Å². The molecule has 1 aliphatic heterocycles. The van der Waals surface area contributed by atoms with Crippen molar-refractivity contribution in [3.8, 4) is 0 Å². The fourth-order valence-electron chi connectivity index (χ4n) is 2.86. The Labute approximate surface area is 149 Å². The Balaban J connectivity index is 1.81. The predicted octanol–water partition coefficient (Wildman–Crippen LogP) is 3.65. The van der Waals surface area contributed by atoms with Crippen LogP contribution in [0.15, 0.2) is 42.5 Å². The lowest BCUT2D eigenvalue weighted by Gasteiger charge is -2.28. The summed E-state index contributed by atoms with van der Waals surface area (Å²) < 4.78 is 13.8. The number of rotatable bonds is 3. The fraction of sp³-hybridized carbons (Fsp3) is 0.222. The molecule has 3 rings (SSSR count). The molecule has 2 N–H and O–H groups in total. The molecule has 2 aromatic rings. The standard InChI is InChI=1S/C18H17ClFN3O2/c1-11-8-17(24)22-15-4-2-3-5-16(15)23(11)18(25)10-21-14-7-6-12(19)9-13(14)20/h2-7,9,11,21H,8,10H2,1H3,(H,22,24)/t11-/m1/s1. The Bertz CT molecular complexity index is 828. The number of carbonyl (C=O) groups is 2. The summed E-state index contributed by atoms with van der Waals surface area (Å²) in [7, 11) is 0. The predicted molar refractivity (Wildman–Crippen MR) is 96.5 cm³/mol. The van der Waals surface area contributed by atoms with Crippen molar-refractivity contribution >= 4 is 40.5 Å². The van der Waals surface area contributed by atoms with Gasteiger partial charge in [-0.15, -0.1) is 0 Å². The zero-order valence-electron chi connectivity index (χ0n) is 13.6. The molecule has 7 heteroatoms. The molecule has 1 atom stereocenters. The van der Waals surface area contributed by atoms with Gasteiger partial charge in [0.2, 0.25) is 11.8 Å². The summed E-state index contributed by atoms with van der Waals surface area (Å²) in [4.78, 5) is 26.3. The molecule has 0 saturated heterocycles. The molecule has 25 heavy (non-hydrogen) atoms. The molecular weight excluding hydrogens is 345 g/mol. The van der Waals surface area contributed by atoms with Gasteiger partial charge in [0.15, 0.2) is 0 Å². The van der Waals surface area contributed by atoms with E-state index in [0.29, 0.717) is 11.4 Å². The van der Waals surface area contributed by atoms with Crippen molar-refractivity contribution in [1.29, 1.82) is 0 Å². The van der Waals surface area contributed by atoms with Crippen molar-refractivity contribution in [2.24, 2.45) is 0 Å². The molecule has 0 bridgehead atoms. The van der Waals surface area contributed by atoms with Crippen LogP contribution in [0.4, 0.5) is 21.5 Å². The minimum Gasteiger partial charge on any atom is -0.374 e. The molecule has 0 spiro atoms. The number of nitrogens with zero attached hydrogens (tertiary/aromatic N) is 1. The van der Waals surface area contributed by atoms with E-state index in [0.717, 1.165) is 0 Å². The van der Waals surface area contributed by atoms with Gasteiger partial charge in [0.1, 0.15) is 5.82 Å².